The molecule has 0 N–H and O–H groups in total. The molecule has 19 nitrogen and oxygen atoms in total. The van der Waals surface area contributed by atoms with E-state index in [4.69, 9.17) is 0 Å². The molecule has 0 spiro atoms. The number of anilines is 4. The Morgan fingerprint density at radius 1 is 0.266 bits per heavy atom. The van der Waals surface area contributed by atoms with Crippen molar-refractivity contribution in [1.29, 1.82) is 0 Å². The van der Waals surface area contributed by atoms with E-state index in [1.165, 1.54) is 95.3 Å². The van der Waals surface area contributed by atoms with Gasteiger partial charge in [0.15, 0.2) is 11.6 Å². The third-order valence-corrected chi connectivity index (χ3v) is 23.3. The van der Waals surface area contributed by atoms with Gasteiger partial charge in [0.1, 0.15) is 0 Å². The van der Waals surface area contributed by atoms with E-state index < -0.39 is 0 Å². The van der Waals surface area contributed by atoms with Crippen LogP contribution in [0.4, 0.5) is 23.5 Å². The molecule has 6 saturated heterocycles. The predicted molar refractivity (Wildman–Crippen MR) is 464 cm³/mol. The minimum absolute atomic E-state index is 0.448. The van der Waals surface area contributed by atoms with Crippen molar-refractivity contribution >= 4 is 23.5 Å². The zero-order valence-electron chi connectivity index (χ0n) is 74.8. The van der Waals surface area contributed by atoms with Gasteiger partial charge in [-0.3, -0.25) is 19.6 Å². The molecule has 5 aromatic heterocycles. The molecule has 5 aromatic rings. The van der Waals surface area contributed by atoms with Crippen LogP contribution in [0, 0.1) is 35.5 Å². The molecule has 0 bridgehead atoms. The third kappa shape index (κ3) is 33.2. The van der Waals surface area contributed by atoms with Crippen LogP contribution in [-0.2, 0) is 0 Å². The number of likely N-dealkylation sites (tertiary alicyclic amines) is 1. The summed E-state index contributed by atoms with van der Waals surface area (Å²) >= 11 is 0. The lowest BCUT2D eigenvalue weighted by atomic mass is 9.86. The fourth-order valence-electron chi connectivity index (χ4n) is 14.8. The van der Waals surface area contributed by atoms with Crippen LogP contribution in [0.1, 0.15) is 308 Å². The number of aromatic nitrogens is 10. The van der Waals surface area contributed by atoms with Crippen LogP contribution in [0.25, 0.3) is 0 Å². The highest BCUT2D eigenvalue weighted by Gasteiger charge is 2.28. The Labute approximate surface area is 667 Å². The summed E-state index contributed by atoms with van der Waals surface area (Å²) in [5, 5.41) is 25.7. The average Bonchev–Trinajstić information content (AvgIpc) is 0.854. The highest BCUT2D eigenvalue weighted by molar-refractivity contribution is 5.39. The summed E-state index contributed by atoms with van der Waals surface area (Å²) in [5.74, 6) is 12.0. The SMILES string of the molecule is CC(C)C1CCN(C(C)C)CC1.CC(C)CC1CCN(c2ccc(C(C)C)nn2)CC1.CC(C)N1CCN(C(C)C)CC1.CC(C)c1ccc(C(C)C)nn1.CC(C)c1ccc(N2CCN(C(C)C)CC2)nn1.CC(C)c1cnc(N2CCC(C(C)C)CC2)nc1.CC(C)c1cnc(N2CCN(C(C)C)CC2)nc1. The van der Waals surface area contributed by atoms with Crippen molar-refractivity contribution in [2.45, 2.75) is 305 Å². The lowest BCUT2D eigenvalue weighted by molar-refractivity contribution is 0.0887. The van der Waals surface area contributed by atoms with Gasteiger partial charge in [-0.2, -0.15) is 20.4 Å². The zero-order valence-corrected chi connectivity index (χ0v) is 74.8. The Bertz CT molecular complexity index is 2830. The number of hydrogen-bond acceptors (Lipinski definition) is 19. The summed E-state index contributed by atoms with van der Waals surface area (Å²) in [7, 11) is 0. The van der Waals surface area contributed by atoms with Gasteiger partial charge in [-0.1, -0.05) is 125 Å². The number of hydrogen-bond donors (Lipinski definition) is 0. The van der Waals surface area contributed by atoms with Gasteiger partial charge in [-0.05, 0) is 246 Å². The van der Waals surface area contributed by atoms with E-state index in [0.717, 1.165) is 178 Å². The Kier molecular flexibility index (Phi) is 41.8. The molecule has 0 radical (unpaired) electrons. The number of rotatable bonds is 19. The first-order valence-corrected chi connectivity index (χ1v) is 43.5. The lowest BCUT2D eigenvalue weighted by Crippen LogP contribution is -2.50. The molecule has 0 saturated carbocycles. The van der Waals surface area contributed by atoms with Gasteiger partial charge in [-0.25, -0.2) is 19.9 Å². The standard InChI is InChI=1S/C16H27N3.C15H25N3.2C14H24N4.C11H23N.C10H22N2.C10H16N2/c1-12(2)11-14-7-9-19(10-8-14)16-6-5-15(13(3)4)17-18-16;1-11(2)13-5-7-18(8-6-13)15-16-9-14(10-17-15)12(3)4;1-11(2)13-9-15-14(16-10-13)18-7-5-17(6-8-18)12(3)4;1-11(2)13-5-6-14(16-15-13)18-9-7-17(8-10-18)12(3)4;2*1-9(2)11-5-7-12(8-6-11)10(3)4;1-7(2)9-5-6-10(8(3)4)12-11-9/h5-6,12-14H,7-11H2,1-4H3;9-13H,5-8H2,1-4H3;9-12H,5-8H2,1-4H3;5-6,11-12H,7-10H2,1-4H3;9-11H,5-8H2,1-4H3;9-10H,5-8H2,1-4H3;5-8H,1-4H3. The fourth-order valence-corrected chi connectivity index (χ4v) is 14.8. The molecular weight excluding hydrogens is 1350 g/mol. The quantitative estimate of drug-likeness (QED) is 0.0768. The van der Waals surface area contributed by atoms with E-state index in [-0.39, 0.29) is 0 Å². The third-order valence-electron chi connectivity index (χ3n) is 23.3. The molecule has 19 heteroatoms. The molecule has 6 aliphatic heterocycles. The van der Waals surface area contributed by atoms with Crippen molar-refractivity contribution in [2.75, 3.05) is 137 Å². The molecule has 6 fully saturated rings. The molecule has 11 heterocycles. The van der Waals surface area contributed by atoms with Crippen LogP contribution in [0.3, 0.4) is 0 Å². The fraction of sp³-hybridized carbons (Fsp3) is 0.778. The van der Waals surface area contributed by atoms with Crippen LogP contribution in [0.15, 0.2) is 61.2 Å². The second-order valence-electron chi connectivity index (χ2n) is 36.4. The van der Waals surface area contributed by atoms with E-state index in [1.807, 2.05) is 24.8 Å². The van der Waals surface area contributed by atoms with Crippen LogP contribution in [0.5, 0.6) is 0 Å². The Morgan fingerprint density at radius 3 is 0.771 bits per heavy atom. The molecule has 616 valence electrons. The van der Waals surface area contributed by atoms with Crippen molar-refractivity contribution in [2.24, 2.45) is 35.5 Å². The van der Waals surface area contributed by atoms with Crippen molar-refractivity contribution in [3.63, 3.8) is 0 Å². The highest BCUT2D eigenvalue weighted by atomic mass is 15.3. The molecule has 0 aliphatic carbocycles. The monoisotopic (exact) mass is 1510 g/mol. The van der Waals surface area contributed by atoms with Gasteiger partial charge in [0.25, 0.3) is 0 Å². The van der Waals surface area contributed by atoms with Gasteiger partial charge in [-0.15, -0.1) is 10.2 Å². The summed E-state index contributed by atoms with van der Waals surface area (Å²) in [6, 6.07) is 16.0. The zero-order chi connectivity index (χ0) is 80.6. The van der Waals surface area contributed by atoms with Crippen molar-refractivity contribution in [3.8, 4) is 0 Å². The van der Waals surface area contributed by atoms with Crippen molar-refractivity contribution in [3.05, 3.63) is 95.1 Å². The first-order valence-electron chi connectivity index (χ1n) is 43.5. The van der Waals surface area contributed by atoms with E-state index >= 15 is 0 Å². The lowest BCUT2D eigenvalue weighted by Gasteiger charge is -2.38. The minimum atomic E-state index is 0.448. The largest absolute Gasteiger partial charge is 0.355 e. The van der Waals surface area contributed by atoms with Crippen LogP contribution in [-0.4, -0.2) is 223 Å². The summed E-state index contributed by atoms with van der Waals surface area (Å²) < 4.78 is 0. The Hall–Kier alpha value is -5.60. The van der Waals surface area contributed by atoms with Crippen molar-refractivity contribution < 1.29 is 0 Å². The van der Waals surface area contributed by atoms with Gasteiger partial charge in [0, 0.05) is 160 Å². The summed E-state index contributed by atoms with van der Waals surface area (Å²) in [6.07, 6.45) is 17.2. The highest BCUT2D eigenvalue weighted by Crippen LogP contribution is 2.30. The molecule has 6 aliphatic rings. The average molecular weight is 1510 g/mol. The van der Waals surface area contributed by atoms with Gasteiger partial charge in [0.2, 0.25) is 11.9 Å². The minimum Gasteiger partial charge on any atom is -0.355 e. The van der Waals surface area contributed by atoms with E-state index in [0.29, 0.717) is 47.6 Å². The molecule has 0 aromatic carbocycles. The maximum atomic E-state index is 4.51. The first kappa shape index (κ1) is 94.0. The smallest absolute Gasteiger partial charge is 0.225 e. The topological polar surface area (TPSA) is 158 Å². The molecule has 0 amide bonds. The molecule has 109 heavy (non-hydrogen) atoms. The number of piperazine rings is 3. The normalized spacial score (nSPS) is 18.0. The first-order chi connectivity index (χ1) is 51.6. The number of nitrogens with zero attached hydrogens (tertiary/aromatic N) is 19. The predicted octanol–water partition coefficient (Wildman–Crippen LogP) is 18.5. The summed E-state index contributed by atoms with van der Waals surface area (Å²) in [4.78, 5) is 40.0. The van der Waals surface area contributed by atoms with E-state index in [2.05, 4.69) is 325 Å². The van der Waals surface area contributed by atoms with Crippen LogP contribution in [0.2, 0.25) is 0 Å². The van der Waals surface area contributed by atoms with Gasteiger partial charge >= 0.3 is 0 Å². The number of piperidine rings is 3. The molecular formula is C90H161N19. The van der Waals surface area contributed by atoms with E-state index in [1.54, 1.807) is 0 Å². The Morgan fingerprint density at radius 2 is 0.514 bits per heavy atom. The maximum Gasteiger partial charge on any atom is 0.225 e. The Balaban J connectivity index is 0.000000230. The second kappa shape index (κ2) is 48.5. The van der Waals surface area contributed by atoms with Gasteiger partial charge < -0.3 is 24.5 Å². The summed E-state index contributed by atoms with van der Waals surface area (Å²) in [6.45, 7) is 83.2. The molecule has 11 rings (SSSR count). The summed E-state index contributed by atoms with van der Waals surface area (Å²) in [5.41, 5.74) is 6.71. The second-order valence-corrected chi connectivity index (χ2v) is 36.4. The maximum absolute atomic E-state index is 4.51. The van der Waals surface area contributed by atoms with Crippen LogP contribution >= 0.6 is 0 Å². The van der Waals surface area contributed by atoms with E-state index in [9.17, 15) is 0 Å². The van der Waals surface area contributed by atoms with Gasteiger partial charge in [0.05, 0.1) is 22.8 Å². The van der Waals surface area contributed by atoms with Crippen LogP contribution < -0.4 is 19.6 Å². The molecule has 0 unspecified atom stereocenters. The molecule has 0 atom stereocenters. The van der Waals surface area contributed by atoms with Crippen molar-refractivity contribution in [1.82, 2.24) is 75.0 Å².